The molecule has 1 saturated heterocycles. The molecular formula is C6H6NNaO7S. The van der Waals surface area contributed by atoms with Gasteiger partial charge in [-0.3, -0.25) is 9.59 Å². The first-order valence-corrected chi connectivity index (χ1v) is 5.20. The minimum absolute atomic E-state index is 0. The van der Waals surface area contributed by atoms with Gasteiger partial charge in [0.25, 0.3) is 11.8 Å². The average Bonchev–Trinajstić information content (AvgIpc) is 2.30. The Hall–Kier alpha value is -0.480. The predicted octanol–water partition coefficient (Wildman–Crippen LogP) is -4.86. The number of hydrogen-bond acceptors (Lipinski definition) is 7. The molecule has 0 saturated carbocycles. The summed E-state index contributed by atoms with van der Waals surface area (Å²) in [5, 5.41) is -1.99. The Morgan fingerprint density at radius 2 is 2.00 bits per heavy atom. The van der Waals surface area contributed by atoms with E-state index in [0.29, 0.717) is 0 Å². The second-order valence-corrected chi connectivity index (χ2v) is 4.35. The summed E-state index contributed by atoms with van der Waals surface area (Å²) in [6, 6.07) is 0. The molecule has 1 atom stereocenters. The first-order chi connectivity index (χ1) is 6.73. The normalized spacial score (nSPS) is 20.6. The van der Waals surface area contributed by atoms with E-state index in [0.717, 1.165) is 6.92 Å². The van der Waals surface area contributed by atoms with Crippen LogP contribution in [0.4, 0.5) is 0 Å². The molecule has 0 spiro atoms. The van der Waals surface area contributed by atoms with Crippen LogP contribution in [0.1, 0.15) is 13.3 Å². The number of hydrogen-bond donors (Lipinski definition) is 0. The molecule has 1 rings (SSSR count). The fraction of sp³-hybridized carbons (Fsp3) is 0.500. The molecular weight excluding hydrogens is 253 g/mol. The number of nitrogens with zero attached hydrogens (tertiary/aromatic N) is 1. The van der Waals surface area contributed by atoms with Crippen molar-refractivity contribution in [1.82, 2.24) is 5.06 Å². The van der Waals surface area contributed by atoms with Crippen LogP contribution >= 0.6 is 0 Å². The molecule has 1 aliphatic rings. The molecule has 84 valence electrons. The van der Waals surface area contributed by atoms with Gasteiger partial charge in [-0.25, -0.2) is 13.2 Å². The molecule has 1 aliphatic heterocycles. The summed E-state index contributed by atoms with van der Waals surface area (Å²) in [5.41, 5.74) is 0. The van der Waals surface area contributed by atoms with Gasteiger partial charge in [0.15, 0.2) is 0 Å². The summed E-state index contributed by atoms with van der Waals surface area (Å²) in [5.74, 6) is -3.31. The van der Waals surface area contributed by atoms with Gasteiger partial charge in [0, 0.05) is 6.92 Å². The van der Waals surface area contributed by atoms with Gasteiger partial charge in [-0.1, -0.05) is 0 Å². The molecule has 0 N–H and O–H groups in total. The van der Waals surface area contributed by atoms with Crippen molar-refractivity contribution < 1.29 is 61.7 Å². The zero-order valence-electron chi connectivity index (χ0n) is 8.50. The molecule has 8 nitrogen and oxygen atoms in total. The number of imide groups is 1. The Balaban J connectivity index is 0.00000225. The molecule has 0 aromatic carbocycles. The third-order valence-corrected chi connectivity index (χ3v) is 2.70. The zero-order valence-corrected chi connectivity index (χ0v) is 11.3. The van der Waals surface area contributed by atoms with Gasteiger partial charge in [0.2, 0.25) is 0 Å². The fourth-order valence-electron chi connectivity index (χ4n) is 1.03. The van der Waals surface area contributed by atoms with Gasteiger partial charge in [-0.2, -0.15) is 0 Å². The topological polar surface area (TPSA) is 121 Å². The summed E-state index contributed by atoms with van der Waals surface area (Å²) >= 11 is 0. The quantitative estimate of drug-likeness (QED) is 0.277. The number of hydroxylamine groups is 2. The molecule has 10 heteroatoms. The van der Waals surface area contributed by atoms with Crippen molar-refractivity contribution >= 4 is 27.9 Å². The van der Waals surface area contributed by atoms with Crippen molar-refractivity contribution in [1.29, 1.82) is 0 Å². The molecule has 16 heavy (non-hydrogen) atoms. The van der Waals surface area contributed by atoms with E-state index in [1.807, 2.05) is 0 Å². The maximum Gasteiger partial charge on any atom is 1.00 e. The molecule has 0 aromatic heterocycles. The second-order valence-electron chi connectivity index (χ2n) is 2.79. The number of amides is 2. The van der Waals surface area contributed by atoms with E-state index in [1.165, 1.54) is 0 Å². The van der Waals surface area contributed by atoms with Crippen molar-refractivity contribution in [3.05, 3.63) is 0 Å². The van der Waals surface area contributed by atoms with Crippen molar-refractivity contribution in [3.8, 4) is 0 Å². The molecule has 1 unspecified atom stereocenters. The number of carbonyl (C=O) groups excluding carboxylic acids is 3. The summed E-state index contributed by atoms with van der Waals surface area (Å²) < 4.78 is 31.6. The van der Waals surface area contributed by atoms with Crippen LogP contribution in [0.2, 0.25) is 0 Å². The van der Waals surface area contributed by atoms with E-state index >= 15 is 0 Å². The summed E-state index contributed by atoms with van der Waals surface area (Å²) in [7, 11) is -4.91. The molecule has 0 bridgehead atoms. The van der Waals surface area contributed by atoms with E-state index in [9.17, 15) is 27.4 Å². The molecule has 1 fully saturated rings. The van der Waals surface area contributed by atoms with E-state index in [2.05, 4.69) is 4.84 Å². The van der Waals surface area contributed by atoms with Crippen molar-refractivity contribution in [2.45, 2.75) is 18.6 Å². The fourth-order valence-corrected chi connectivity index (χ4v) is 1.72. The van der Waals surface area contributed by atoms with Gasteiger partial charge < -0.3 is 9.39 Å². The molecule has 1 heterocycles. The minimum Gasteiger partial charge on any atom is -0.747 e. The molecule has 0 aromatic rings. The van der Waals surface area contributed by atoms with Gasteiger partial charge in [0.1, 0.15) is 15.4 Å². The van der Waals surface area contributed by atoms with Crippen molar-refractivity contribution in [2.24, 2.45) is 0 Å². The number of rotatable bonds is 2. The average molecular weight is 259 g/mol. The first kappa shape index (κ1) is 15.5. The third kappa shape index (κ3) is 3.25. The summed E-state index contributed by atoms with van der Waals surface area (Å²) in [4.78, 5) is 36.8. The van der Waals surface area contributed by atoms with E-state index in [4.69, 9.17) is 0 Å². The van der Waals surface area contributed by atoms with Crippen LogP contribution in [0.15, 0.2) is 0 Å². The first-order valence-electron chi connectivity index (χ1n) is 3.73. The SMILES string of the molecule is CC(=O)ON1C(=O)CC(S(=O)(=O)[O-])C1=O.[Na+]. The Labute approximate surface area is 113 Å². The Bertz CT molecular complexity index is 430. The molecule has 0 radical (unpaired) electrons. The van der Waals surface area contributed by atoms with Crippen LogP contribution in [-0.4, -0.2) is 41.1 Å². The predicted molar refractivity (Wildman–Crippen MR) is 41.7 cm³/mol. The van der Waals surface area contributed by atoms with E-state index in [-0.39, 0.29) is 34.6 Å². The minimum atomic E-state index is -4.91. The van der Waals surface area contributed by atoms with Gasteiger partial charge in [-0.05, 0) is 0 Å². The summed E-state index contributed by atoms with van der Waals surface area (Å²) in [6.45, 7) is 0.930. The maximum atomic E-state index is 11.1. The van der Waals surface area contributed by atoms with Gasteiger partial charge in [0.05, 0.1) is 6.42 Å². The maximum absolute atomic E-state index is 11.1. The number of carbonyl (C=O) groups is 3. The Morgan fingerprint density at radius 3 is 2.31 bits per heavy atom. The van der Waals surface area contributed by atoms with Crippen LogP contribution in [0.5, 0.6) is 0 Å². The van der Waals surface area contributed by atoms with Crippen molar-refractivity contribution in [3.63, 3.8) is 0 Å². The smallest absolute Gasteiger partial charge is 0.747 e. The van der Waals surface area contributed by atoms with Crippen molar-refractivity contribution in [2.75, 3.05) is 0 Å². The van der Waals surface area contributed by atoms with Crippen LogP contribution in [0, 0.1) is 0 Å². The summed E-state index contributed by atoms with van der Waals surface area (Å²) in [6.07, 6.45) is -0.794. The van der Waals surface area contributed by atoms with Crippen LogP contribution < -0.4 is 29.6 Å². The largest absolute Gasteiger partial charge is 1.00 e. The van der Waals surface area contributed by atoms with E-state index in [1.54, 1.807) is 0 Å². The van der Waals surface area contributed by atoms with Gasteiger partial charge >= 0.3 is 35.5 Å². The van der Waals surface area contributed by atoms with E-state index < -0.39 is 39.6 Å². The van der Waals surface area contributed by atoms with Crippen LogP contribution in [0.3, 0.4) is 0 Å². The van der Waals surface area contributed by atoms with Crippen LogP contribution in [0.25, 0.3) is 0 Å². The Kier molecular flexibility index (Phi) is 5.08. The molecule has 2 amide bonds. The van der Waals surface area contributed by atoms with Gasteiger partial charge in [-0.15, -0.1) is 5.06 Å². The standard InChI is InChI=1S/C6H7NO7S.Na/c1-3(8)14-7-5(9)2-4(6(7)10)15(11,12)13;/h4H,2H2,1H3,(H,11,12,13);/q;+1/p-1. The second kappa shape index (κ2) is 5.23. The Morgan fingerprint density at radius 1 is 1.50 bits per heavy atom. The third-order valence-electron chi connectivity index (χ3n) is 1.63. The molecule has 0 aliphatic carbocycles. The zero-order chi connectivity index (χ0) is 11.8. The monoisotopic (exact) mass is 259 g/mol. The van der Waals surface area contributed by atoms with Crippen LogP contribution in [-0.2, 0) is 29.3 Å².